The highest BCUT2D eigenvalue weighted by Crippen LogP contribution is 2.42. The van der Waals surface area contributed by atoms with E-state index in [1.165, 1.54) is 6.42 Å². The third-order valence-electron chi connectivity index (χ3n) is 6.56. The van der Waals surface area contributed by atoms with Crippen molar-refractivity contribution in [2.75, 3.05) is 25.6 Å². The molecule has 0 aromatic heterocycles. The summed E-state index contributed by atoms with van der Waals surface area (Å²) in [6, 6.07) is 15.6. The van der Waals surface area contributed by atoms with E-state index in [9.17, 15) is 9.59 Å². The molecule has 2 aromatic rings. The van der Waals surface area contributed by atoms with Crippen molar-refractivity contribution in [3.63, 3.8) is 0 Å². The Kier molecular flexibility index (Phi) is 8.80. The van der Waals surface area contributed by atoms with Crippen LogP contribution in [0, 0.1) is 5.92 Å². The van der Waals surface area contributed by atoms with E-state index in [0.717, 1.165) is 30.5 Å². The maximum Gasteiger partial charge on any atom is 0.344 e. The second-order valence-electron chi connectivity index (χ2n) is 9.03. The minimum absolute atomic E-state index is 0.0498. The minimum Gasteiger partial charge on any atom is -0.493 e. The summed E-state index contributed by atoms with van der Waals surface area (Å²) in [5.41, 5.74) is 1.64. The van der Waals surface area contributed by atoms with Gasteiger partial charge in [0.15, 0.2) is 23.6 Å². The molecule has 1 amide bonds. The average Bonchev–Trinajstić information content (AvgIpc) is 3.18. The molecule has 2 fully saturated rings. The van der Waals surface area contributed by atoms with E-state index in [4.69, 9.17) is 14.2 Å². The fourth-order valence-electron chi connectivity index (χ4n) is 4.75. The Bertz CT molecular complexity index is 1090. The summed E-state index contributed by atoms with van der Waals surface area (Å²) in [6.45, 7) is 4.11. The second-order valence-corrected chi connectivity index (χ2v) is 10.2. The Balaban J connectivity index is 1.57. The molecule has 0 spiro atoms. The molecule has 1 saturated heterocycles. The number of carbonyl (C=O) groups is 2. The minimum atomic E-state index is -0.437. The number of rotatable bonds is 9. The first-order valence-electron chi connectivity index (χ1n) is 12.5. The van der Waals surface area contributed by atoms with Crippen molar-refractivity contribution >= 4 is 35.4 Å². The van der Waals surface area contributed by atoms with Crippen LogP contribution in [-0.4, -0.2) is 48.6 Å². The van der Waals surface area contributed by atoms with E-state index in [2.05, 4.69) is 12.2 Å². The van der Waals surface area contributed by atoms with E-state index in [-0.39, 0.29) is 24.1 Å². The molecule has 192 valence electrons. The van der Waals surface area contributed by atoms with Crippen molar-refractivity contribution in [3.05, 3.63) is 59.0 Å². The van der Waals surface area contributed by atoms with Gasteiger partial charge in [0.1, 0.15) is 0 Å². The van der Waals surface area contributed by atoms with Crippen LogP contribution in [0.25, 0.3) is 6.08 Å². The summed E-state index contributed by atoms with van der Waals surface area (Å²) in [6.07, 6.45) is 6.42. The number of nitrogens with one attached hydrogen (secondary N) is 1. The summed E-state index contributed by atoms with van der Waals surface area (Å²) in [5.74, 6) is 1.00. The van der Waals surface area contributed by atoms with Gasteiger partial charge in [0.25, 0.3) is 5.91 Å². The summed E-state index contributed by atoms with van der Waals surface area (Å²) < 4.78 is 16.0. The molecule has 2 aromatic carbocycles. The molecule has 1 heterocycles. The van der Waals surface area contributed by atoms with Crippen molar-refractivity contribution in [1.82, 2.24) is 4.90 Å². The van der Waals surface area contributed by atoms with Gasteiger partial charge in [0.2, 0.25) is 0 Å². The van der Waals surface area contributed by atoms with E-state index < -0.39 is 5.97 Å². The number of esters is 1. The van der Waals surface area contributed by atoms with Gasteiger partial charge in [-0.3, -0.25) is 4.79 Å². The van der Waals surface area contributed by atoms with Gasteiger partial charge in [-0.05, 0) is 61.6 Å². The Morgan fingerprint density at radius 2 is 1.92 bits per heavy atom. The lowest BCUT2D eigenvalue weighted by Gasteiger charge is -2.39. The lowest BCUT2D eigenvalue weighted by molar-refractivity contribution is -0.145. The van der Waals surface area contributed by atoms with Gasteiger partial charge in [0.05, 0.1) is 18.6 Å². The number of para-hydroxylation sites is 1. The van der Waals surface area contributed by atoms with Crippen LogP contribution in [0.5, 0.6) is 11.5 Å². The molecule has 8 heteroatoms. The highest BCUT2D eigenvalue weighted by atomic mass is 32.2. The molecule has 0 bridgehead atoms. The van der Waals surface area contributed by atoms with E-state index in [0.29, 0.717) is 28.9 Å². The quantitative estimate of drug-likeness (QED) is 0.351. The topological polar surface area (TPSA) is 77.1 Å². The molecule has 2 aliphatic rings. The molecule has 1 saturated carbocycles. The van der Waals surface area contributed by atoms with Gasteiger partial charge >= 0.3 is 5.97 Å². The number of methoxy groups -OCH3 is 1. The number of benzene rings is 2. The zero-order valence-electron chi connectivity index (χ0n) is 21.1. The second kappa shape index (κ2) is 12.2. The van der Waals surface area contributed by atoms with Gasteiger partial charge in [-0.1, -0.05) is 55.8 Å². The van der Waals surface area contributed by atoms with Gasteiger partial charge in [0, 0.05) is 11.7 Å². The van der Waals surface area contributed by atoms with Gasteiger partial charge in [-0.25, -0.2) is 4.79 Å². The molecular weight excluding hydrogens is 476 g/mol. The lowest BCUT2D eigenvalue weighted by atomic mass is 9.85. The number of hydrogen-bond acceptors (Lipinski definition) is 7. The van der Waals surface area contributed by atoms with Crippen LogP contribution < -0.4 is 14.8 Å². The Morgan fingerprint density at radius 1 is 1.14 bits per heavy atom. The number of nitrogens with zero attached hydrogens (tertiary/aromatic N) is 1. The predicted molar refractivity (Wildman–Crippen MR) is 143 cm³/mol. The number of hydrogen-bond donors (Lipinski definition) is 1. The molecule has 36 heavy (non-hydrogen) atoms. The maximum atomic E-state index is 13.7. The largest absolute Gasteiger partial charge is 0.493 e. The van der Waals surface area contributed by atoms with E-state index in [1.807, 2.05) is 53.4 Å². The van der Waals surface area contributed by atoms with Crippen molar-refractivity contribution < 1.29 is 23.8 Å². The number of anilines is 1. The van der Waals surface area contributed by atoms with Crippen LogP contribution in [0.3, 0.4) is 0 Å². The van der Waals surface area contributed by atoms with Crippen LogP contribution in [-0.2, 0) is 14.3 Å². The van der Waals surface area contributed by atoms with Crippen LogP contribution >= 0.6 is 11.8 Å². The fraction of sp³-hybridized carbons (Fsp3) is 0.429. The number of carbonyl (C=O) groups excluding carboxylic acids is 2. The number of amides is 1. The highest BCUT2D eigenvalue weighted by Gasteiger charge is 2.42. The molecule has 4 rings (SSSR count). The maximum absolute atomic E-state index is 13.7. The highest BCUT2D eigenvalue weighted by molar-refractivity contribution is 8.05. The number of ether oxygens (including phenoxy) is 3. The molecular formula is C28H34N2O5S. The van der Waals surface area contributed by atoms with E-state index in [1.54, 1.807) is 31.9 Å². The zero-order valence-corrected chi connectivity index (χ0v) is 21.9. The third-order valence-corrected chi connectivity index (χ3v) is 7.67. The first kappa shape index (κ1) is 25.9. The Hall–Kier alpha value is -3.13. The third kappa shape index (κ3) is 6.16. The molecule has 1 aliphatic carbocycles. The van der Waals surface area contributed by atoms with Crippen LogP contribution in [0.15, 0.2) is 53.4 Å². The van der Waals surface area contributed by atoms with Gasteiger partial charge < -0.3 is 24.4 Å². The van der Waals surface area contributed by atoms with Crippen LogP contribution in [0.4, 0.5) is 5.69 Å². The fourth-order valence-corrected chi connectivity index (χ4v) is 5.96. The molecule has 1 unspecified atom stereocenters. The normalized spacial score (nSPS) is 23.0. The summed E-state index contributed by atoms with van der Waals surface area (Å²) in [4.78, 5) is 28.1. The molecule has 0 radical (unpaired) electrons. The standard InChI is InChI=1S/C28H34N2O5S/c1-4-34-26(31)18-35-23-15-14-20(16-24(23)33-3)17-25-27(32)30(22-13-9-8-10-19(22)2)28(36-25)29-21-11-6-5-7-12-21/h5-7,11-12,14-17,19,22,28-29H,4,8-10,13,18H2,1-3H3/b25-17-/t19-,22+,28?/m0/s1. The molecule has 7 nitrogen and oxygen atoms in total. The van der Waals surface area contributed by atoms with Crippen molar-refractivity contribution in [2.24, 2.45) is 5.92 Å². The summed E-state index contributed by atoms with van der Waals surface area (Å²) in [5, 5.41) is 3.56. The first-order chi connectivity index (χ1) is 17.5. The van der Waals surface area contributed by atoms with Crippen molar-refractivity contribution in [3.8, 4) is 11.5 Å². The molecule has 1 aliphatic heterocycles. The van der Waals surface area contributed by atoms with E-state index >= 15 is 0 Å². The number of thioether (sulfide) groups is 1. The lowest BCUT2D eigenvalue weighted by Crippen LogP contribution is -2.48. The predicted octanol–water partition coefficient (Wildman–Crippen LogP) is 5.53. The zero-order chi connectivity index (χ0) is 25.5. The molecule has 1 N–H and O–H groups in total. The smallest absolute Gasteiger partial charge is 0.344 e. The van der Waals surface area contributed by atoms with Gasteiger partial charge in [-0.15, -0.1) is 0 Å². The van der Waals surface area contributed by atoms with Crippen molar-refractivity contribution in [2.45, 2.75) is 51.1 Å². The molecule has 3 atom stereocenters. The average molecular weight is 511 g/mol. The summed E-state index contributed by atoms with van der Waals surface area (Å²) in [7, 11) is 1.55. The van der Waals surface area contributed by atoms with Crippen molar-refractivity contribution in [1.29, 1.82) is 0 Å². The Morgan fingerprint density at radius 3 is 2.64 bits per heavy atom. The summed E-state index contributed by atoms with van der Waals surface area (Å²) >= 11 is 1.54. The monoisotopic (exact) mass is 510 g/mol. The Labute approximate surface area is 217 Å². The van der Waals surface area contributed by atoms with Crippen LogP contribution in [0.1, 0.15) is 45.1 Å². The SMILES string of the molecule is CCOC(=O)COc1ccc(/C=C2\SC(Nc3ccccc3)N([C@@H]3CCCC[C@@H]3C)C2=O)cc1OC. The first-order valence-corrected chi connectivity index (χ1v) is 13.4. The van der Waals surface area contributed by atoms with Crippen LogP contribution in [0.2, 0.25) is 0 Å². The van der Waals surface area contributed by atoms with Gasteiger partial charge in [-0.2, -0.15) is 0 Å².